The maximum Gasteiger partial charge on any atom is 0.264 e. The monoisotopic (exact) mass is 235 g/mol. The minimum atomic E-state index is -0.469. The van der Waals surface area contributed by atoms with Crippen LogP contribution in [0.5, 0.6) is 5.75 Å². The van der Waals surface area contributed by atoms with Crippen molar-refractivity contribution in [1.29, 1.82) is 0 Å². The molecule has 1 aromatic rings. The summed E-state index contributed by atoms with van der Waals surface area (Å²) in [6.07, 6.45) is -0.469. The smallest absolute Gasteiger partial charge is 0.264 e. The number of fused-ring (bicyclic) bond motifs is 1. The number of carbonyl (C=O) groups excluding carboxylic acids is 1. The number of aliphatic hydroxyl groups excluding tert-OH is 1. The number of carbonyl (C=O) groups is 1. The normalized spacial score (nSPS) is 21.8. The molecule has 2 rings (SSSR count). The number of hydrogen-bond acceptors (Lipinski definition) is 3. The minimum Gasteiger partial charge on any atom is -0.480 e. The minimum absolute atomic E-state index is 0.0315. The summed E-state index contributed by atoms with van der Waals surface area (Å²) < 4.78 is 5.68. The first-order valence-corrected chi connectivity index (χ1v) is 5.76. The van der Waals surface area contributed by atoms with Gasteiger partial charge in [0.25, 0.3) is 5.91 Å². The van der Waals surface area contributed by atoms with Crippen LogP contribution in [0.15, 0.2) is 24.3 Å². The van der Waals surface area contributed by atoms with Crippen molar-refractivity contribution in [1.82, 2.24) is 4.90 Å². The second-order valence-electron chi connectivity index (χ2n) is 4.35. The lowest BCUT2D eigenvalue weighted by atomic mass is 9.97. The molecule has 0 bridgehead atoms. The highest BCUT2D eigenvalue weighted by Crippen LogP contribution is 2.38. The number of ether oxygens (including phenoxy) is 1. The predicted octanol–water partition coefficient (Wildman–Crippen LogP) is 1.00. The number of aliphatic hydroxyl groups is 1. The molecule has 0 saturated carbocycles. The standard InChI is InChI=1S/C13H17NO3/c1-9-10-5-3-4-6-11(10)17-12(9)13(16)14(2)7-8-15/h3-6,9,12,15H,7-8H2,1-2H3. The summed E-state index contributed by atoms with van der Waals surface area (Å²) in [5.41, 5.74) is 1.07. The quantitative estimate of drug-likeness (QED) is 0.850. The maximum absolute atomic E-state index is 12.1. The molecule has 0 spiro atoms. The SMILES string of the molecule is CC1c2ccccc2OC1C(=O)N(C)CCO. The molecule has 1 heterocycles. The van der Waals surface area contributed by atoms with Gasteiger partial charge in [-0.2, -0.15) is 0 Å². The maximum atomic E-state index is 12.1. The molecule has 0 fully saturated rings. The van der Waals surface area contributed by atoms with Crippen LogP contribution in [-0.2, 0) is 4.79 Å². The molecule has 0 aliphatic carbocycles. The average Bonchev–Trinajstić information content (AvgIpc) is 2.67. The van der Waals surface area contributed by atoms with E-state index in [1.807, 2.05) is 31.2 Å². The van der Waals surface area contributed by atoms with Crippen molar-refractivity contribution in [3.63, 3.8) is 0 Å². The molecule has 1 N–H and O–H groups in total. The van der Waals surface area contributed by atoms with Crippen molar-refractivity contribution < 1.29 is 14.6 Å². The number of benzene rings is 1. The molecular formula is C13H17NO3. The van der Waals surface area contributed by atoms with Crippen molar-refractivity contribution in [3.05, 3.63) is 29.8 Å². The second kappa shape index (κ2) is 4.75. The van der Waals surface area contributed by atoms with E-state index in [2.05, 4.69) is 0 Å². The number of amides is 1. The van der Waals surface area contributed by atoms with E-state index in [4.69, 9.17) is 9.84 Å². The van der Waals surface area contributed by atoms with Crippen molar-refractivity contribution in [2.24, 2.45) is 0 Å². The third-order valence-corrected chi connectivity index (χ3v) is 3.17. The van der Waals surface area contributed by atoms with Gasteiger partial charge in [0.15, 0.2) is 6.10 Å². The van der Waals surface area contributed by atoms with Gasteiger partial charge in [0, 0.05) is 25.1 Å². The van der Waals surface area contributed by atoms with Crippen molar-refractivity contribution in [2.75, 3.05) is 20.2 Å². The highest BCUT2D eigenvalue weighted by molar-refractivity contribution is 5.83. The van der Waals surface area contributed by atoms with Gasteiger partial charge in [0.2, 0.25) is 0 Å². The molecule has 1 amide bonds. The van der Waals surface area contributed by atoms with Gasteiger partial charge in [0.05, 0.1) is 6.61 Å². The fraction of sp³-hybridized carbons (Fsp3) is 0.462. The molecule has 92 valence electrons. The van der Waals surface area contributed by atoms with Crippen LogP contribution in [-0.4, -0.2) is 42.2 Å². The summed E-state index contributed by atoms with van der Waals surface area (Å²) >= 11 is 0. The van der Waals surface area contributed by atoms with E-state index in [9.17, 15) is 4.79 Å². The Morgan fingerprint density at radius 2 is 2.18 bits per heavy atom. The molecule has 0 aromatic heterocycles. The van der Waals surface area contributed by atoms with Gasteiger partial charge < -0.3 is 14.7 Å². The van der Waals surface area contributed by atoms with E-state index < -0.39 is 6.10 Å². The lowest BCUT2D eigenvalue weighted by molar-refractivity contribution is -0.137. The topological polar surface area (TPSA) is 49.8 Å². The summed E-state index contributed by atoms with van der Waals surface area (Å²) in [6, 6.07) is 7.71. The summed E-state index contributed by atoms with van der Waals surface area (Å²) in [6.45, 7) is 2.29. The van der Waals surface area contributed by atoms with E-state index in [1.54, 1.807) is 7.05 Å². The average molecular weight is 235 g/mol. The molecule has 2 atom stereocenters. The number of rotatable bonds is 3. The van der Waals surface area contributed by atoms with Crippen LogP contribution >= 0.6 is 0 Å². The fourth-order valence-electron chi connectivity index (χ4n) is 2.11. The number of para-hydroxylation sites is 1. The Bertz CT molecular complexity index is 419. The Balaban J connectivity index is 2.14. The number of nitrogens with zero attached hydrogens (tertiary/aromatic N) is 1. The van der Waals surface area contributed by atoms with E-state index >= 15 is 0 Å². The van der Waals surface area contributed by atoms with Gasteiger partial charge in [-0.1, -0.05) is 25.1 Å². The molecule has 0 radical (unpaired) electrons. The van der Waals surface area contributed by atoms with Crippen molar-refractivity contribution in [3.8, 4) is 5.75 Å². The lowest BCUT2D eigenvalue weighted by Crippen LogP contribution is -2.41. The van der Waals surface area contributed by atoms with Gasteiger partial charge in [-0.05, 0) is 6.07 Å². The summed E-state index contributed by atoms with van der Waals surface area (Å²) in [5.74, 6) is 0.762. The zero-order chi connectivity index (χ0) is 12.4. The van der Waals surface area contributed by atoms with Crippen LogP contribution < -0.4 is 4.74 Å². The molecule has 0 saturated heterocycles. The Hall–Kier alpha value is -1.55. The van der Waals surface area contributed by atoms with Gasteiger partial charge in [-0.25, -0.2) is 0 Å². The third-order valence-electron chi connectivity index (χ3n) is 3.17. The first-order chi connectivity index (χ1) is 8.15. The van der Waals surface area contributed by atoms with Crippen molar-refractivity contribution in [2.45, 2.75) is 18.9 Å². The summed E-state index contributed by atoms with van der Waals surface area (Å²) in [7, 11) is 1.68. The van der Waals surface area contributed by atoms with Gasteiger partial charge in [-0.3, -0.25) is 4.79 Å². The van der Waals surface area contributed by atoms with E-state index in [0.29, 0.717) is 6.54 Å². The molecule has 1 aliphatic rings. The highest BCUT2D eigenvalue weighted by atomic mass is 16.5. The Morgan fingerprint density at radius 1 is 1.47 bits per heavy atom. The summed E-state index contributed by atoms with van der Waals surface area (Å²) in [4.78, 5) is 13.6. The van der Waals surface area contributed by atoms with Crippen LogP contribution in [0, 0.1) is 0 Å². The van der Waals surface area contributed by atoms with Crippen LogP contribution in [0.3, 0.4) is 0 Å². The van der Waals surface area contributed by atoms with Crippen LogP contribution in [0.1, 0.15) is 18.4 Å². The molecule has 1 aliphatic heterocycles. The Kier molecular flexibility index (Phi) is 3.33. The van der Waals surface area contributed by atoms with Gasteiger partial charge in [0.1, 0.15) is 5.75 Å². The zero-order valence-electron chi connectivity index (χ0n) is 10.1. The summed E-state index contributed by atoms with van der Waals surface area (Å²) in [5, 5.41) is 8.83. The molecule has 2 unspecified atom stereocenters. The van der Waals surface area contributed by atoms with Crippen molar-refractivity contribution >= 4 is 5.91 Å². The van der Waals surface area contributed by atoms with E-state index in [0.717, 1.165) is 11.3 Å². The van der Waals surface area contributed by atoms with E-state index in [-0.39, 0.29) is 18.4 Å². The molecule has 4 nitrogen and oxygen atoms in total. The van der Waals surface area contributed by atoms with Crippen LogP contribution in [0.4, 0.5) is 0 Å². The zero-order valence-corrected chi connectivity index (χ0v) is 10.1. The van der Waals surface area contributed by atoms with Crippen LogP contribution in [0.2, 0.25) is 0 Å². The molecule has 1 aromatic carbocycles. The number of hydrogen-bond donors (Lipinski definition) is 1. The predicted molar refractivity (Wildman–Crippen MR) is 64.0 cm³/mol. The van der Waals surface area contributed by atoms with Gasteiger partial charge >= 0.3 is 0 Å². The van der Waals surface area contributed by atoms with E-state index in [1.165, 1.54) is 4.90 Å². The first kappa shape index (κ1) is 11.9. The Morgan fingerprint density at radius 3 is 2.82 bits per heavy atom. The Labute approximate surface area is 101 Å². The molecule has 17 heavy (non-hydrogen) atoms. The van der Waals surface area contributed by atoms with Crippen LogP contribution in [0.25, 0.3) is 0 Å². The lowest BCUT2D eigenvalue weighted by Gasteiger charge is -2.22. The highest BCUT2D eigenvalue weighted by Gasteiger charge is 2.37. The van der Waals surface area contributed by atoms with Gasteiger partial charge in [-0.15, -0.1) is 0 Å². The molecular weight excluding hydrogens is 218 g/mol. The largest absolute Gasteiger partial charge is 0.480 e. The fourth-order valence-corrected chi connectivity index (χ4v) is 2.11. The first-order valence-electron chi connectivity index (χ1n) is 5.76. The third kappa shape index (κ3) is 2.13. The number of likely N-dealkylation sites (N-methyl/N-ethyl adjacent to an activating group) is 1. The second-order valence-corrected chi connectivity index (χ2v) is 4.35. The molecule has 4 heteroatoms.